The SMILES string of the molecule is CCCCC(CN)c1cnsc1Nc1nccn2c(-c3cnn(C)c3)cnc12. The van der Waals surface area contributed by atoms with Crippen molar-refractivity contribution in [3.8, 4) is 11.3 Å². The van der Waals surface area contributed by atoms with Crippen LogP contribution in [-0.4, -0.2) is 35.1 Å². The third-order valence-corrected chi connectivity index (χ3v) is 5.62. The molecule has 0 radical (unpaired) electrons. The first-order valence-corrected chi connectivity index (χ1v) is 10.2. The highest BCUT2D eigenvalue weighted by Crippen LogP contribution is 2.34. The molecule has 8 nitrogen and oxygen atoms in total. The molecule has 0 saturated heterocycles. The van der Waals surface area contributed by atoms with Crippen molar-refractivity contribution in [3.05, 3.63) is 42.7 Å². The van der Waals surface area contributed by atoms with Crippen molar-refractivity contribution in [2.75, 3.05) is 11.9 Å². The molecule has 1 atom stereocenters. The van der Waals surface area contributed by atoms with Crippen molar-refractivity contribution < 1.29 is 0 Å². The molecule has 0 aliphatic rings. The average molecular weight is 397 g/mol. The summed E-state index contributed by atoms with van der Waals surface area (Å²) in [5.41, 5.74) is 9.94. The van der Waals surface area contributed by atoms with Crippen LogP contribution in [0.2, 0.25) is 0 Å². The van der Waals surface area contributed by atoms with Crippen LogP contribution in [0.5, 0.6) is 0 Å². The zero-order chi connectivity index (χ0) is 19.5. The van der Waals surface area contributed by atoms with Gasteiger partial charge >= 0.3 is 0 Å². The molecule has 0 aliphatic heterocycles. The fourth-order valence-electron chi connectivity index (χ4n) is 3.37. The summed E-state index contributed by atoms with van der Waals surface area (Å²) in [6.07, 6.45) is 14.6. The van der Waals surface area contributed by atoms with Crippen molar-refractivity contribution in [1.29, 1.82) is 0 Å². The van der Waals surface area contributed by atoms with Gasteiger partial charge in [0.15, 0.2) is 11.5 Å². The maximum atomic E-state index is 6.04. The molecule has 0 bridgehead atoms. The second kappa shape index (κ2) is 8.07. The van der Waals surface area contributed by atoms with Gasteiger partial charge in [0, 0.05) is 48.9 Å². The van der Waals surface area contributed by atoms with E-state index in [4.69, 9.17) is 5.73 Å². The Kier molecular flexibility index (Phi) is 5.36. The fraction of sp³-hybridized carbons (Fsp3) is 0.368. The minimum absolute atomic E-state index is 0.298. The molecular weight excluding hydrogens is 372 g/mol. The maximum absolute atomic E-state index is 6.04. The number of rotatable bonds is 8. The molecule has 0 saturated carbocycles. The first kappa shape index (κ1) is 18.6. The zero-order valence-electron chi connectivity index (χ0n) is 16.0. The predicted octanol–water partition coefficient (Wildman–Crippen LogP) is 3.56. The number of unbranched alkanes of at least 4 members (excludes halogenated alkanes) is 1. The lowest BCUT2D eigenvalue weighted by atomic mass is 9.96. The summed E-state index contributed by atoms with van der Waals surface area (Å²) >= 11 is 1.43. The van der Waals surface area contributed by atoms with Crippen molar-refractivity contribution in [2.24, 2.45) is 12.8 Å². The molecule has 4 aromatic rings. The normalized spacial score (nSPS) is 12.5. The van der Waals surface area contributed by atoms with Gasteiger partial charge in [-0.2, -0.15) is 9.47 Å². The van der Waals surface area contributed by atoms with Crippen LogP contribution >= 0.6 is 11.5 Å². The number of hydrogen-bond donors (Lipinski definition) is 2. The van der Waals surface area contributed by atoms with E-state index < -0.39 is 0 Å². The van der Waals surface area contributed by atoms with Gasteiger partial charge in [0.05, 0.1) is 18.1 Å². The van der Waals surface area contributed by atoms with Crippen LogP contribution in [0.3, 0.4) is 0 Å². The summed E-state index contributed by atoms with van der Waals surface area (Å²) in [5.74, 6) is 1.00. The van der Waals surface area contributed by atoms with Gasteiger partial charge in [-0.3, -0.25) is 9.08 Å². The number of nitrogens with one attached hydrogen (secondary N) is 1. The van der Waals surface area contributed by atoms with E-state index in [1.54, 1.807) is 10.9 Å². The van der Waals surface area contributed by atoms with Crippen molar-refractivity contribution >= 4 is 28.0 Å². The first-order valence-electron chi connectivity index (χ1n) is 9.44. The van der Waals surface area contributed by atoms with Gasteiger partial charge in [0.25, 0.3) is 0 Å². The van der Waals surface area contributed by atoms with Crippen molar-refractivity contribution in [2.45, 2.75) is 32.1 Å². The highest BCUT2D eigenvalue weighted by atomic mass is 32.1. The van der Waals surface area contributed by atoms with E-state index in [0.29, 0.717) is 18.3 Å². The van der Waals surface area contributed by atoms with Crippen LogP contribution in [0.4, 0.5) is 10.8 Å². The Balaban J connectivity index is 1.67. The van der Waals surface area contributed by atoms with Gasteiger partial charge < -0.3 is 11.1 Å². The zero-order valence-corrected chi connectivity index (χ0v) is 16.9. The molecule has 1 unspecified atom stereocenters. The Morgan fingerprint density at radius 3 is 2.89 bits per heavy atom. The highest BCUT2D eigenvalue weighted by Gasteiger charge is 2.18. The van der Waals surface area contributed by atoms with Crippen LogP contribution in [0.25, 0.3) is 16.9 Å². The summed E-state index contributed by atoms with van der Waals surface area (Å²) < 4.78 is 8.19. The lowest BCUT2D eigenvalue weighted by molar-refractivity contribution is 0.593. The Bertz CT molecular complexity index is 1060. The fourth-order valence-corrected chi connectivity index (χ4v) is 4.10. The minimum Gasteiger partial charge on any atom is -0.330 e. The standard InChI is InChI=1S/C19H24N8S/c1-3-4-5-13(8-20)15-10-24-28-19(15)25-17-18-22-11-16(27(18)7-6-21-17)14-9-23-26(2)12-14/h6-7,9-13H,3-5,8,20H2,1-2H3,(H,21,25). The highest BCUT2D eigenvalue weighted by molar-refractivity contribution is 7.10. The van der Waals surface area contributed by atoms with Gasteiger partial charge in [-0.25, -0.2) is 9.97 Å². The molecule has 9 heteroatoms. The smallest absolute Gasteiger partial charge is 0.180 e. The quantitative estimate of drug-likeness (QED) is 0.472. The molecule has 4 aromatic heterocycles. The molecule has 3 N–H and O–H groups in total. The van der Waals surface area contributed by atoms with E-state index in [-0.39, 0.29) is 0 Å². The van der Waals surface area contributed by atoms with Crippen molar-refractivity contribution in [1.82, 2.24) is 28.5 Å². The van der Waals surface area contributed by atoms with Crippen LogP contribution in [0.1, 0.15) is 37.7 Å². The monoisotopic (exact) mass is 396 g/mol. The topological polar surface area (TPSA) is 99.0 Å². The van der Waals surface area contributed by atoms with E-state index >= 15 is 0 Å². The number of anilines is 2. The third-order valence-electron chi connectivity index (χ3n) is 4.89. The van der Waals surface area contributed by atoms with E-state index in [2.05, 4.69) is 31.7 Å². The van der Waals surface area contributed by atoms with Crippen molar-refractivity contribution in [3.63, 3.8) is 0 Å². The van der Waals surface area contributed by atoms with E-state index in [1.807, 2.05) is 42.4 Å². The molecule has 0 amide bonds. The number of imidazole rings is 1. The average Bonchev–Trinajstić information content (AvgIpc) is 3.43. The Morgan fingerprint density at radius 2 is 2.14 bits per heavy atom. The van der Waals surface area contributed by atoms with Gasteiger partial charge in [0.1, 0.15) is 5.00 Å². The van der Waals surface area contributed by atoms with E-state index in [9.17, 15) is 0 Å². The summed E-state index contributed by atoms with van der Waals surface area (Å²) in [6.45, 7) is 2.81. The number of aryl methyl sites for hydroxylation is 1. The van der Waals surface area contributed by atoms with Crippen LogP contribution in [-0.2, 0) is 7.05 Å². The Morgan fingerprint density at radius 1 is 1.25 bits per heavy atom. The number of nitrogens with two attached hydrogens (primary N) is 1. The van der Waals surface area contributed by atoms with Crippen LogP contribution < -0.4 is 11.1 Å². The summed E-state index contributed by atoms with van der Waals surface area (Å²) in [6, 6.07) is 0. The Labute approximate surface area is 167 Å². The summed E-state index contributed by atoms with van der Waals surface area (Å²) in [7, 11) is 1.90. The third kappa shape index (κ3) is 3.50. The number of nitrogens with zero attached hydrogens (tertiary/aromatic N) is 6. The molecule has 146 valence electrons. The molecule has 28 heavy (non-hydrogen) atoms. The molecule has 0 aliphatic carbocycles. The second-order valence-electron chi connectivity index (χ2n) is 6.83. The first-order chi connectivity index (χ1) is 13.7. The van der Waals surface area contributed by atoms with E-state index in [1.165, 1.54) is 11.5 Å². The lowest BCUT2D eigenvalue weighted by Gasteiger charge is -2.15. The summed E-state index contributed by atoms with van der Waals surface area (Å²) in [5, 5.41) is 8.68. The number of hydrogen-bond acceptors (Lipinski definition) is 7. The van der Waals surface area contributed by atoms with Crippen LogP contribution in [0.15, 0.2) is 37.2 Å². The van der Waals surface area contributed by atoms with Gasteiger partial charge in [0.2, 0.25) is 0 Å². The number of fused-ring (bicyclic) bond motifs is 1. The number of aromatic nitrogens is 6. The van der Waals surface area contributed by atoms with E-state index in [0.717, 1.165) is 46.7 Å². The molecular formula is C19H24N8S. The van der Waals surface area contributed by atoms with Gasteiger partial charge in [-0.15, -0.1) is 0 Å². The Hall–Kier alpha value is -2.78. The lowest BCUT2D eigenvalue weighted by Crippen LogP contribution is -2.13. The molecule has 0 aromatic carbocycles. The molecule has 4 rings (SSSR count). The van der Waals surface area contributed by atoms with Gasteiger partial charge in [-0.05, 0) is 24.5 Å². The molecule has 4 heterocycles. The molecule has 0 fully saturated rings. The second-order valence-corrected chi connectivity index (χ2v) is 7.63. The predicted molar refractivity (Wildman–Crippen MR) is 112 cm³/mol. The van der Waals surface area contributed by atoms with Gasteiger partial charge in [-0.1, -0.05) is 19.8 Å². The summed E-state index contributed by atoms with van der Waals surface area (Å²) in [4.78, 5) is 9.10. The molecule has 0 spiro atoms. The maximum Gasteiger partial charge on any atom is 0.180 e. The largest absolute Gasteiger partial charge is 0.330 e. The minimum atomic E-state index is 0.298. The van der Waals surface area contributed by atoms with Crippen LogP contribution in [0, 0.1) is 0 Å².